The number of nitrogen functional groups attached to an aromatic ring is 1. The Balaban J connectivity index is 1.82. The van der Waals surface area contributed by atoms with Gasteiger partial charge >= 0.3 is 6.03 Å². The quantitative estimate of drug-likeness (QED) is 0.783. The topological polar surface area (TPSA) is 58.4 Å². The van der Waals surface area contributed by atoms with Crippen molar-refractivity contribution in [2.24, 2.45) is 0 Å². The highest BCUT2D eigenvalue weighted by molar-refractivity contribution is 6.03. The third-order valence-electron chi connectivity index (χ3n) is 3.33. The zero-order valence-electron chi connectivity index (χ0n) is 10.8. The summed E-state index contributed by atoms with van der Waals surface area (Å²) in [6, 6.07) is 11.2. The number of amides is 2. The van der Waals surface area contributed by atoms with E-state index in [0.29, 0.717) is 23.6 Å². The Labute approximate surface area is 116 Å². The van der Waals surface area contributed by atoms with Crippen LogP contribution in [-0.2, 0) is 6.42 Å². The fraction of sp³-hybridized carbons (Fsp3) is 0.133. The molecule has 0 bridgehead atoms. The summed E-state index contributed by atoms with van der Waals surface area (Å²) in [7, 11) is 0. The second-order valence-corrected chi connectivity index (χ2v) is 4.73. The number of halogens is 1. The lowest BCUT2D eigenvalue weighted by atomic mass is 10.2. The summed E-state index contributed by atoms with van der Waals surface area (Å²) in [4.78, 5) is 13.8. The average molecular weight is 271 g/mol. The van der Waals surface area contributed by atoms with Crippen LogP contribution in [0.4, 0.5) is 26.2 Å². The fourth-order valence-corrected chi connectivity index (χ4v) is 2.37. The van der Waals surface area contributed by atoms with Gasteiger partial charge in [0.05, 0.1) is 5.69 Å². The number of anilines is 3. The summed E-state index contributed by atoms with van der Waals surface area (Å²) in [5, 5.41) is 2.77. The zero-order valence-corrected chi connectivity index (χ0v) is 10.8. The van der Waals surface area contributed by atoms with Gasteiger partial charge in [-0.15, -0.1) is 0 Å². The summed E-state index contributed by atoms with van der Waals surface area (Å²) in [5.74, 6) is -0.340. The summed E-state index contributed by atoms with van der Waals surface area (Å²) >= 11 is 0. The predicted molar refractivity (Wildman–Crippen MR) is 77.3 cm³/mol. The number of benzene rings is 2. The van der Waals surface area contributed by atoms with Crippen LogP contribution in [0.5, 0.6) is 0 Å². The number of hydrogen-bond donors (Lipinski definition) is 2. The molecule has 0 saturated heterocycles. The van der Waals surface area contributed by atoms with Crippen LogP contribution in [0, 0.1) is 5.82 Å². The molecule has 0 unspecified atom stereocenters. The van der Waals surface area contributed by atoms with Gasteiger partial charge in [0.1, 0.15) is 5.82 Å². The number of nitrogens with zero attached hydrogens (tertiary/aromatic N) is 1. The molecule has 0 radical (unpaired) electrons. The molecule has 0 aromatic heterocycles. The van der Waals surface area contributed by atoms with E-state index in [2.05, 4.69) is 5.32 Å². The van der Waals surface area contributed by atoms with Crippen LogP contribution in [0.15, 0.2) is 42.5 Å². The van der Waals surface area contributed by atoms with E-state index < -0.39 is 0 Å². The van der Waals surface area contributed by atoms with Gasteiger partial charge in [-0.25, -0.2) is 9.18 Å². The van der Waals surface area contributed by atoms with Gasteiger partial charge in [-0.05, 0) is 42.3 Å². The number of hydrogen-bond acceptors (Lipinski definition) is 2. The van der Waals surface area contributed by atoms with E-state index in [9.17, 15) is 9.18 Å². The van der Waals surface area contributed by atoms with E-state index in [-0.39, 0.29) is 11.8 Å². The van der Waals surface area contributed by atoms with Gasteiger partial charge in [0.2, 0.25) is 0 Å². The molecule has 2 aromatic carbocycles. The first kappa shape index (κ1) is 12.5. The second kappa shape index (κ2) is 4.85. The molecule has 0 fully saturated rings. The Kier molecular flexibility index (Phi) is 3.02. The highest BCUT2D eigenvalue weighted by atomic mass is 19.1. The molecule has 5 heteroatoms. The summed E-state index contributed by atoms with van der Waals surface area (Å²) < 4.78 is 13.3. The molecule has 0 aliphatic carbocycles. The number of rotatable bonds is 1. The van der Waals surface area contributed by atoms with E-state index in [1.54, 1.807) is 35.2 Å². The standard InChI is InChI=1S/C15H14FN3O/c16-11-5-4-10-6-7-19(14(10)8-11)15(20)18-13-3-1-2-12(17)9-13/h1-5,8-9H,6-7,17H2,(H,18,20). The fourth-order valence-electron chi connectivity index (χ4n) is 2.37. The Morgan fingerprint density at radius 1 is 1.25 bits per heavy atom. The van der Waals surface area contributed by atoms with Gasteiger partial charge in [0, 0.05) is 17.9 Å². The average Bonchev–Trinajstić information content (AvgIpc) is 2.81. The van der Waals surface area contributed by atoms with Crippen molar-refractivity contribution in [2.45, 2.75) is 6.42 Å². The van der Waals surface area contributed by atoms with Crippen LogP contribution < -0.4 is 16.0 Å². The molecule has 2 aromatic rings. The molecule has 1 heterocycles. The molecule has 1 aliphatic rings. The highest BCUT2D eigenvalue weighted by Gasteiger charge is 2.25. The molecule has 1 aliphatic heterocycles. The van der Waals surface area contributed by atoms with Crippen LogP contribution in [0.25, 0.3) is 0 Å². The van der Waals surface area contributed by atoms with Crippen molar-refractivity contribution in [3.05, 3.63) is 53.8 Å². The van der Waals surface area contributed by atoms with Crippen molar-refractivity contribution in [2.75, 3.05) is 22.5 Å². The maximum atomic E-state index is 13.3. The van der Waals surface area contributed by atoms with E-state index in [0.717, 1.165) is 12.0 Å². The molecular formula is C15H14FN3O. The SMILES string of the molecule is Nc1cccc(NC(=O)N2CCc3ccc(F)cc32)c1. The number of nitrogens with two attached hydrogens (primary N) is 1. The first-order chi connectivity index (χ1) is 9.63. The van der Waals surface area contributed by atoms with Crippen molar-refractivity contribution < 1.29 is 9.18 Å². The Morgan fingerprint density at radius 3 is 2.90 bits per heavy atom. The van der Waals surface area contributed by atoms with Crippen LogP contribution in [0.3, 0.4) is 0 Å². The Morgan fingerprint density at radius 2 is 2.10 bits per heavy atom. The smallest absolute Gasteiger partial charge is 0.326 e. The third-order valence-corrected chi connectivity index (χ3v) is 3.33. The second-order valence-electron chi connectivity index (χ2n) is 4.73. The molecule has 2 amide bonds. The number of carbonyl (C=O) groups is 1. The van der Waals surface area contributed by atoms with E-state index in [1.807, 2.05) is 0 Å². The van der Waals surface area contributed by atoms with E-state index in [4.69, 9.17) is 5.73 Å². The summed E-state index contributed by atoms with van der Waals surface area (Å²) in [5.41, 5.74) is 8.49. The first-order valence-corrected chi connectivity index (χ1v) is 6.36. The normalized spacial score (nSPS) is 13.2. The monoisotopic (exact) mass is 271 g/mol. The predicted octanol–water partition coefficient (Wildman–Crippen LogP) is 3.00. The Bertz CT molecular complexity index is 672. The maximum absolute atomic E-state index is 13.3. The van der Waals surface area contributed by atoms with Crippen molar-refractivity contribution >= 4 is 23.1 Å². The van der Waals surface area contributed by atoms with E-state index >= 15 is 0 Å². The molecular weight excluding hydrogens is 257 g/mol. The first-order valence-electron chi connectivity index (χ1n) is 6.36. The van der Waals surface area contributed by atoms with Crippen molar-refractivity contribution in [3.8, 4) is 0 Å². The molecule has 20 heavy (non-hydrogen) atoms. The van der Waals surface area contributed by atoms with Crippen LogP contribution in [-0.4, -0.2) is 12.6 Å². The van der Waals surface area contributed by atoms with E-state index in [1.165, 1.54) is 12.1 Å². The van der Waals surface area contributed by atoms with Crippen LogP contribution >= 0.6 is 0 Å². The molecule has 0 atom stereocenters. The lowest BCUT2D eigenvalue weighted by Gasteiger charge is -2.18. The highest BCUT2D eigenvalue weighted by Crippen LogP contribution is 2.29. The van der Waals surface area contributed by atoms with Gasteiger partial charge in [-0.2, -0.15) is 0 Å². The number of nitrogens with one attached hydrogen (secondary N) is 1. The van der Waals surface area contributed by atoms with Gasteiger partial charge < -0.3 is 11.1 Å². The van der Waals surface area contributed by atoms with Crippen LogP contribution in [0.2, 0.25) is 0 Å². The lowest BCUT2D eigenvalue weighted by Crippen LogP contribution is -2.33. The van der Waals surface area contributed by atoms with Gasteiger partial charge in [-0.1, -0.05) is 12.1 Å². The minimum Gasteiger partial charge on any atom is -0.399 e. The molecule has 3 N–H and O–H groups in total. The van der Waals surface area contributed by atoms with Gasteiger partial charge in [-0.3, -0.25) is 4.90 Å². The Hall–Kier alpha value is -2.56. The zero-order chi connectivity index (χ0) is 14.1. The largest absolute Gasteiger partial charge is 0.399 e. The summed E-state index contributed by atoms with van der Waals surface area (Å²) in [6.07, 6.45) is 0.736. The van der Waals surface area contributed by atoms with Crippen molar-refractivity contribution in [1.29, 1.82) is 0 Å². The molecule has 0 saturated carbocycles. The maximum Gasteiger partial charge on any atom is 0.326 e. The lowest BCUT2D eigenvalue weighted by molar-refractivity contribution is 0.257. The third kappa shape index (κ3) is 2.30. The minimum atomic E-state index is -0.340. The van der Waals surface area contributed by atoms with Crippen LogP contribution in [0.1, 0.15) is 5.56 Å². The summed E-state index contributed by atoms with van der Waals surface area (Å²) in [6.45, 7) is 0.549. The van der Waals surface area contributed by atoms with Gasteiger partial charge in [0.25, 0.3) is 0 Å². The molecule has 3 rings (SSSR count). The number of urea groups is 1. The van der Waals surface area contributed by atoms with Crippen molar-refractivity contribution in [3.63, 3.8) is 0 Å². The molecule has 4 nitrogen and oxygen atoms in total. The molecule has 0 spiro atoms. The molecule has 102 valence electrons. The minimum absolute atomic E-state index is 0.278. The van der Waals surface area contributed by atoms with Gasteiger partial charge in [0.15, 0.2) is 0 Å². The number of carbonyl (C=O) groups excluding carboxylic acids is 1. The number of fused-ring (bicyclic) bond motifs is 1. The van der Waals surface area contributed by atoms with Crippen molar-refractivity contribution in [1.82, 2.24) is 0 Å².